The number of benzene rings is 2. The van der Waals surface area contributed by atoms with E-state index in [1.54, 1.807) is 30.0 Å². The number of aromatic nitrogens is 1. The van der Waals surface area contributed by atoms with Crippen LogP contribution in [0.25, 0.3) is 10.2 Å². The first-order valence-electron chi connectivity index (χ1n) is 9.28. The van der Waals surface area contributed by atoms with E-state index in [0.29, 0.717) is 22.3 Å². The minimum Gasteiger partial charge on any atom is -0.493 e. The molecule has 162 valence electrons. The second-order valence-corrected chi connectivity index (χ2v) is 8.60. The Hall–Kier alpha value is -1.97. The van der Waals surface area contributed by atoms with E-state index in [9.17, 15) is 18.3 Å². The van der Waals surface area contributed by atoms with Gasteiger partial charge in [-0.1, -0.05) is 30.4 Å². The lowest BCUT2D eigenvalue weighted by molar-refractivity contribution is -0.263. The average Bonchev–Trinajstić information content (AvgIpc) is 3.14. The van der Waals surface area contributed by atoms with Crippen LogP contribution < -0.4 is 9.47 Å². The fourth-order valence-electron chi connectivity index (χ4n) is 3.03. The van der Waals surface area contributed by atoms with Crippen molar-refractivity contribution in [1.82, 2.24) is 4.98 Å². The highest BCUT2D eigenvalue weighted by Gasteiger charge is 2.51. The third kappa shape index (κ3) is 4.68. The molecule has 1 atom stereocenters. The van der Waals surface area contributed by atoms with E-state index in [0.717, 1.165) is 15.1 Å². The van der Waals surface area contributed by atoms with Gasteiger partial charge in [-0.3, -0.25) is 0 Å². The van der Waals surface area contributed by atoms with E-state index in [-0.39, 0.29) is 6.42 Å². The van der Waals surface area contributed by atoms with E-state index < -0.39 is 24.6 Å². The van der Waals surface area contributed by atoms with Crippen LogP contribution in [0.3, 0.4) is 0 Å². The number of para-hydroxylation sites is 1. The Kier molecular flexibility index (Phi) is 6.84. The SMILES string of the molecule is CCC(O)(CCc1ccc(Oc2nc3c(SC)cccc3s2)c(OC)c1)C(F)(F)F. The normalized spacial score (nSPS) is 14.0. The number of methoxy groups -OCH3 is 1. The quantitative estimate of drug-likeness (QED) is 0.394. The number of alkyl halides is 3. The smallest absolute Gasteiger partial charge is 0.417 e. The first-order valence-corrected chi connectivity index (χ1v) is 11.3. The minimum absolute atomic E-state index is 0.0543. The Morgan fingerprint density at radius 1 is 1.17 bits per heavy atom. The van der Waals surface area contributed by atoms with Crippen molar-refractivity contribution >= 4 is 33.3 Å². The maximum absolute atomic E-state index is 13.1. The lowest BCUT2D eigenvalue weighted by Crippen LogP contribution is -2.44. The van der Waals surface area contributed by atoms with Crippen LogP contribution in [0, 0.1) is 0 Å². The lowest BCUT2D eigenvalue weighted by Gasteiger charge is -2.29. The summed E-state index contributed by atoms with van der Waals surface area (Å²) < 4.78 is 51.6. The summed E-state index contributed by atoms with van der Waals surface area (Å²) in [5.74, 6) is 0.816. The monoisotopic (exact) mass is 457 g/mol. The number of fused-ring (bicyclic) bond motifs is 1. The van der Waals surface area contributed by atoms with Gasteiger partial charge in [-0.2, -0.15) is 13.2 Å². The fourth-order valence-corrected chi connectivity index (χ4v) is 4.51. The molecule has 0 aliphatic rings. The summed E-state index contributed by atoms with van der Waals surface area (Å²) >= 11 is 3.01. The number of hydrogen-bond acceptors (Lipinski definition) is 6. The molecule has 9 heteroatoms. The first kappa shape index (κ1) is 22.7. The number of nitrogens with zero attached hydrogens (tertiary/aromatic N) is 1. The molecule has 0 spiro atoms. The molecule has 0 amide bonds. The maximum atomic E-state index is 13.1. The summed E-state index contributed by atoms with van der Waals surface area (Å²) in [6.07, 6.45) is -3.46. The van der Waals surface area contributed by atoms with Crippen molar-refractivity contribution in [2.24, 2.45) is 0 Å². The van der Waals surface area contributed by atoms with Crippen LogP contribution in [0.15, 0.2) is 41.3 Å². The summed E-state index contributed by atoms with van der Waals surface area (Å²) in [4.78, 5) is 5.60. The van der Waals surface area contributed by atoms with Gasteiger partial charge >= 0.3 is 6.18 Å². The standard InChI is InChI=1S/C21H22F3NO3S2/c1-4-20(26,21(22,23)24)11-10-13-8-9-14(15(12-13)27-2)28-19-25-18-16(29-3)6-5-7-17(18)30-19/h5-9,12,26H,4,10-11H2,1-3H3. The van der Waals surface area contributed by atoms with Gasteiger partial charge < -0.3 is 14.6 Å². The molecule has 1 heterocycles. The molecule has 3 rings (SSSR count). The van der Waals surface area contributed by atoms with Crippen LogP contribution >= 0.6 is 23.1 Å². The van der Waals surface area contributed by atoms with Gasteiger partial charge in [-0.05, 0) is 55.3 Å². The number of aryl methyl sites for hydroxylation is 1. The number of hydrogen-bond donors (Lipinski definition) is 1. The van der Waals surface area contributed by atoms with Crippen molar-refractivity contribution in [3.05, 3.63) is 42.0 Å². The van der Waals surface area contributed by atoms with E-state index in [2.05, 4.69) is 4.98 Å². The molecule has 3 aromatic rings. The molecule has 2 aromatic carbocycles. The van der Waals surface area contributed by atoms with Crippen LogP contribution in [0.4, 0.5) is 13.2 Å². The van der Waals surface area contributed by atoms with Crippen LogP contribution in [0.5, 0.6) is 16.7 Å². The third-order valence-corrected chi connectivity index (χ3v) is 6.62. The molecule has 0 fully saturated rings. The summed E-state index contributed by atoms with van der Waals surface area (Å²) in [7, 11) is 1.47. The Bertz CT molecular complexity index is 1020. The lowest BCUT2D eigenvalue weighted by atomic mass is 9.91. The van der Waals surface area contributed by atoms with Crippen LogP contribution in [0.2, 0.25) is 0 Å². The summed E-state index contributed by atoms with van der Waals surface area (Å²) in [6.45, 7) is 1.32. The molecule has 1 N–H and O–H groups in total. The van der Waals surface area contributed by atoms with E-state index in [1.165, 1.54) is 25.4 Å². The van der Waals surface area contributed by atoms with Crippen LogP contribution in [-0.2, 0) is 6.42 Å². The molecule has 30 heavy (non-hydrogen) atoms. The van der Waals surface area contributed by atoms with Crippen LogP contribution in [0.1, 0.15) is 25.3 Å². The number of thioether (sulfide) groups is 1. The Balaban J connectivity index is 1.79. The fraction of sp³-hybridized carbons (Fsp3) is 0.381. The zero-order valence-corrected chi connectivity index (χ0v) is 18.4. The topological polar surface area (TPSA) is 51.6 Å². The van der Waals surface area contributed by atoms with Gasteiger partial charge in [0.25, 0.3) is 5.19 Å². The largest absolute Gasteiger partial charge is 0.493 e. The second-order valence-electron chi connectivity index (χ2n) is 6.76. The van der Waals surface area contributed by atoms with Crippen molar-refractivity contribution in [3.63, 3.8) is 0 Å². The van der Waals surface area contributed by atoms with Gasteiger partial charge in [0.05, 0.1) is 17.3 Å². The number of thiazole rings is 1. The number of rotatable bonds is 8. The van der Waals surface area contributed by atoms with Gasteiger partial charge in [0.2, 0.25) is 0 Å². The molecule has 0 saturated carbocycles. The van der Waals surface area contributed by atoms with Crippen molar-refractivity contribution in [1.29, 1.82) is 0 Å². The molecular weight excluding hydrogens is 435 g/mol. The number of aliphatic hydroxyl groups is 1. The first-order chi connectivity index (χ1) is 14.2. The summed E-state index contributed by atoms with van der Waals surface area (Å²) in [5.41, 5.74) is -1.22. The Morgan fingerprint density at radius 2 is 1.93 bits per heavy atom. The number of ether oxygens (including phenoxy) is 2. The van der Waals surface area contributed by atoms with E-state index >= 15 is 0 Å². The molecule has 0 radical (unpaired) electrons. The highest BCUT2D eigenvalue weighted by molar-refractivity contribution is 7.98. The zero-order chi connectivity index (χ0) is 21.9. The molecule has 4 nitrogen and oxygen atoms in total. The predicted molar refractivity (Wildman–Crippen MR) is 114 cm³/mol. The van der Waals surface area contributed by atoms with Gasteiger partial charge in [-0.25, -0.2) is 4.98 Å². The predicted octanol–water partition coefficient (Wildman–Crippen LogP) is 6.46. The number of halogens is 3. The average molecular weight is 458 g/mol. The Morgan fingerprint density at radius 3 is 2.57 bits per heavy atom. The molecule has 0 saturated heterocycles. The highest BCUT2D eigenvalue weighted by Crippen LogP contribution is 2.40. The van der Waals surface area contributed by atoms with Gasteiger partial charge in [0.15, 0.2) is 17.1 Å². The Labute approximate surface area is 181 Å². The summed E-state index contributed by atoms with van der Waals surface area (Å²) in [6, 6.07) is 10.9. The van der Waals surface area contributed by atoms with Gasteiger partial charge in [-0.15, -0.1) is 11.8 Å². The van der Waals surface area contributed by atoms with Gasteiger partial charge in [0, 0.05) is 4.90 Å². The maximum Gasteiger partial charge on any atom is 0.417 e. The molecule has 0 bridgehead atoms. The highest BCUT2D eigenvalue weighted by atomic mass is 32.2. The molecule has 0 aliphatic heterocycles. The third-order valence-electron chi connectivity index (χ3n) is 4.95. The second kappa shape index (κ2) is 9.03. The molecule has 0 aliphatic carbocycles. The van der Waals surface area contributed by atoms with E-state index in [1.807, 2.05) is 24.5 Å². The van der Waals surface area contributed by atoms with Crippen molar-refractivity contribution < 1.29 is 27.8 Å². The van der Waals surface area contributed by atoms with Crippen LogP contribution in [-0.4, -0.2) is 35.2 Å². The van der Waals surface area contributed by atoms with Crippen molar-refractivity contribution in [2.45, 2.75) is 42.9 Å². The van der Waals surface area contributed by atoms with E-state index in [4.69, 9.17) is 9.47 Å². The zero-order valence-electron chi connectivity index (χ0n) is 16.7. The van der Waals surface area contributed by atoms with Crippen molar-refractivity contribution in [3.8, 4) is 16.7 Å². The van der Waals surface area contributed by atoms with Gasteiger partial charge in [0.1, 0.15) is 0 Å². The molecule has 1 aromatic heterocycles. The minimum atomic E-state index is -4.67. The molecular formula is C21H22F3NO3S2. The molecule has 1 unspecified atom stereocenters. The summed E-state index contributed by atoms with van der Waals surface area (Å²) in [5, 5.41) is 10.4. The van der Waals surface area contributed by atoms with Crippen molar-refractivity contribution in [2.75, 3.05) is 13.4 Å².